The van der Waals surface area contributed by atoms with Gasteiger partial charge >= 0.3 is 0 Å². The number of nitrogens with two attached hydrogens (primary N) is 1. The molecular formula is C21H21ClN6O2. The molecule has 3 aromatic rings. The third kappa shape index (κ3) is 3.34. The number of aliphatic imine (C=N–C) groups is 1. The van der Waals surface area contributed by atoms with E-state index in [1.54, 1.807) is 26.2 Å². The Balaban J connectivity index is 2.03. The molecular weight excluding hydrogens is 404 g/mol. The maximum absolute atomic E-state index is 12.4. The van der Waals surface area contributed by atoms with Crippen LogP contribution in [-0.4, -0.2) is 33.5 Å². The standard InChI is InChI=1S/C21H21ClN6O2/c1-11(21(29)25-23)18-20-27-26-12(2)28(20)17-9-8-15(30-3)10-16(17)19(24-18)13-4-6-14(22)7-5-13/h4-11,18H,23H2,1-3H3,(H,25,29)/t11-,18+/m1/s1. The highest BCUT2D eigenvalue weighted by Gasteiger charge is 2.34. The Bertz CT molecular complexity index is 1140. The smallest absolute Gasteiger partial charge is 0.239 e. The van der Waals surface area contributed by atoms with Crippen molar-refractivity contribution in [3.05, 3.63) is 70.3 Å². The average molecular weight is 425 g/mol. The number of hydrazine groups is 1. The molecule has 1 aliphatic heterocycles. The summed E-state index contributed by atoms with van der Waals surface area (Å²) in [6.45, 7) is 3.63. The van der Waals surface area contributed by atoms with Gasteiger partial charge in [-0.2, -0.15) is 0 Å². The third-order valence-electron chi connectivity index (χ3n) is 5.23. The van der Waals surface area contributed by atoms with Gasteiger partial charge in [-0.1, -0.05) is 30.7 Å². The van der Waals surface area contributed by atoms with E-state index in [-0.39, 0.29) is 5.91 Å². The number of halogens is 1. The van der Waals surface area contributed by atoms with E-state index in [0.29, 0.717) is 28.1 Å². The van der Waals surface area contributed by atoms with Gasteiger partial charge in [0.05, 0.1) is 24.4 Å². The fourth-order valence-electron chi connectivity index (χ4n) is 3.61. The number of benzene rings is 2. The number of hydrogen-bond acceptors (Lipinski definition) is 6. The van der Waals surface area contributed by atoms with Crippen LogP contribution in [-0.2, 0) is 4.79 Å². The number of methoxy groups -OCH3 is 1. The molecule has 2 atom stereocenters. The van der Waals surface area contributed by atoms with Crippen molar-refractivity contribution in [2.24, 2.45) is 16.8 Å². The fourth-order valence-corrected chi connectivity index (χ4v) is 3.74. The molecule has 1 aliphatic rings. The minimum Gasteiger partial charge on any atom is -0.497 e. The van der Waals surface area contributed by atoms with E-state index in [1.807, 2.05) is 41.8 Å². The van der Waals surface area contributed by atoms with Gasteiger partial charge in [0, 0.05) is 16.1 Å². The van der Waals surface area contributed by atoms with Gasteiger partial charge in [0.25, 0.3) is 0 Å². The van der Waals surface area contributed by atoms with Crippen molar-refractivity contribution < 1.29 is 9.53 Å². The first kappa shape index (κ1) is 20.1. The Morgan fingerprint density at radius 3 is 2.63 bits per heavy atom. The number of aromatic nitrogens is 3. The molecule has 0 bridgehead atoms. The van der Waals surface area contributed by atoms with Crippen LogP contribution in [0, 0.1) is 12.8 Å². The zero-order chi connectivity index (χ0) is 21.4. The van der Waals surface area contributed by atoms with Crippen LogP contribution in [0.2, 0.25) is 5.02 Å². The zero-order valence-electron chi connectivity index (χ0n) is 16.8. The normalized spacial score (nSPS) is 16.0. The lowest BCUT2D eigenvalue weighted by Crippen LogP contribution is -2.37. The predicted octanol–water partition coefficient (Wildman–Crippen LogP) is 2.76. The van der Waals surface area contributed by atoms with E-state index in [4.69, 9.17) is 27.2 Å². The molecule has 1 amide bonds. The van der Waals surface area contributed by atoms with E-state index >= 15 is 0 Å². The summed E-state index contributed by atoms with van der Waals surface area (Å²) in [5.74, 6) is 6.44. The largest absolute Gasteiger partial charge is 0.497 e. The van der Waals surface area contributed by atoms with Crippen LogP contribution >= 0.6 is 11.6 Å². The molecule has 0 spiro atoms. The second-order valence-electron chi connectivity index (χ2n) is 7.05. The summed E-state index contributed by atoms with van der Waals surface area (Å²) in [5.41, 5.74) is 5.47. The van der Waals surface area contributed by atoms with Gasteiger partial charge in [0.1, 0.15) is 17.6 Å². The number of amides is 1. The van der Waals surface area contributed by atoms with Gasteiger partial charge in [-0.05, 0) is 37.3 Å². The quantitative estimate of drug-likeness (QED) is 0.380. The highest BCUT2D eigenvalue weighted by Crippen LogP contribution is 2.36. The second kappa shape index (κ2) is 7.89. The number of carbonyl (C=O) groups is 1. The van der Waals surface area contributed by atoms with Crippen LogP contribution < -0.4 is 16.0 Å². The van der Waals surface area contributed by atoms with Gasteiger partial charge in [0.2, 0.25) is 5.91 Å². The first-order chi connectivity index (χ1) is 14.4. The van der Waals surface area contributed by atoms with Crippen molar-refractivity contribution in [2.75, 3.05) is 7.11 Å². The van der Waals surface area contributed by atoms with Crippen LogP contribution in [0.25, 0.3) is 5.69 Å². The summed E-state index contributed by atoms with van der Waals surface area (Å²) in [5, 5.41) is 9.22. The number of nitrogens with one attached hydrogen (secondary N) is 1. The van der Waals surface area contributed by atoms with Crippen LogP contribution in [0.15, 0.2) is 47.5 Å². The molecule has 0 saturated heterocycles. The van der Waals surface area contributed by atoms with Crippen molar-refractivity contribution in [3.8, 4) is 11.4 Å². The van der Waals surface area contributed by atoms with Gasteiger partial charge in [-0.25, -0.2) is 5.84 Å². The van der Waals surface area contributed by atoms with Gasteiger partial charge in [0.15, 0.2) is 5.82 Å². The summed E-state index contributed by atoms with van der Waals surface area (Å²) < 4.78 is 7.38. The number of ether oxygens (including phenoxy) is 1. The van der Waals surface area contributed by atoms with Crippen molar-refractivity contribution in [3.63, 3.8) is 0 Å². The Hall–Kier alpha value is -3.23. The zero-order valence-corrected chi connectivity index (χ0v) is 17.5. The third-order valence-corrected chi connectivity index (χ3v) is 5.48. The molecule has 2 aromatic carbocycles. The van der Waals surface area contributed by atoms with Crippen LogP contribution in [0.4, 0.5) is 0 Å². The average Bonchev–Trinajstić information content (AvgIpc) is 3.07. The lowest BCUT2D eigenvalue weighted by atomic mass is 9.98. The van der Waals surface area contributed by atoms with E-state index < -0.39 is 12.0 Å². The maximum Gasteiger partial charge on any atom is 0.239 e. The molecule has 9 heteroatoms. The first-order valence-corrected chi connectivity index (χ1v) is 9.77. The number of carbonyl (C=O) groups excluding carboxylic acids is 1. The van der Waals surface area contributed by atoms with Gasteiger partial charge in [-0.15, -0.1) is 10.2 Å². The lowest BCUT2D eigenvalue weighted by molar-refractivity contribution is -0.125. The Kier molecular flexibility index (Phi) is 5.27. The number of hydrogen-bond donors (Lipinski definition) is 2. The predicted molar refractivity (Wildman–Crippen MR) is 114 cm³/mol. The highest BCUT2D eigenvalue weighted by molar-refractivity contribution is 6.30. The van der Waals surface area contributed by atoms with E-state index in [0.717, 1.165) is 16.8 Å². The summed E-state index contributed by atoms with van der Waals surface area (Å²) in [7, 11) is 1.61. The molecule has 0 unspecified atom stereocenters. The number of aryl methyl sites for hydroxylation is 1. The Labute approximate surface area is 178 Å². The fraction of sp³-hybridized carbons (Fsp3) is 0.238. The molecule has 1 aromatic heterocycles. The Morgan fingerprint density at radius 2 is 1.97 bits per heavy atom. The summed E-state index contributed by atoms with van der Waals surface area (Å²) >= 11 is 6.10. The molecule has 0 saturated carbocycles. The molecule has 4 rings (SSSR count). The van der Waals surface area contributed by atoms with E-state index in [1.165, 1.54) is 0 Å². The molecule has 0 fully saturated rings. The monoisotopic (exact) mass is 424 g/mol. The van der Waals surface area contributed by atoms with Crippen LogP contribution in [0.1, 0.15) is 35.7 Å². The lowest BCUT2D eigenvalue weighted by Gasteiger charge is -2.18. The molecule has 3 N–H and O–H groups in total. The van der Waals surface area contributed by atoms with E-state index in [9.17, 15) is 4.79 Å². The van der Waals surface area contributed by atoms with Crippen molar-refractivity contribution in [2.45, 2.75) is 19.9 Å². The number of nitrogens with zero attached hydrogens (tertiary/aromatic N) is 4. The summed E-state index contributed by atoms with van der Waals surface area (Å²) in [6.07, 6.45) is 0. The minimum absolute atomic E-state index is 0.338. The molecule has 2 heterocycles. The topological polar surface area (TPSA) is 107 Å². The summed E-state index contributed by atoms with van der Waals surface area (Å²) in [4.78, 5) is 17.4. The number of rotatable bonds is 4. The van der Waals surface area contributed by atoms with Crippen molar-refractivity contribution in [1.29, 1.82) is 0 Å². The highest BCUT2D eigenvalue weighted by atomic mass is 35.5. The van der Waals surface area contributed by atoms with E-state index in [2.05, 4.69) is 15.6 Å². The van der Waals surface area contributed by atoms with Gasteiger partial charge < -0.3 is 4.74 Å². The Morgan fingerprint density at radius 1 is 1.23 bits per heavy atom. The SMILES string of the molecule is COc1ccc2c(c1)C(c1ccc(Cl)cc1)=N[C@@H]([C@@H](C)C(=O)NN)c1nnc(C)n1-2. The van der Waals surface area contributed by atoms with Crippen molar-refractivity contribution >= 4 is 23.2 Å². The molecule has 154 valence electrons. The van der Waals surface area contributed by atoms with Crippen LogP contribution in [0.3, 0.4) is 0 Å². The first-order valence-electron chi connectivity index (χ1n) is 9.39. The van der Waals surface area contributed by atoms with Crippen LogP contribution in [0.5, 0.6) is 5.75 Å². The minimum atomic E-state index is -0.598. The maximum atomic E-state index is 12.4. The van der Waals surface area contributed by atoms with Crippen molar-refractivity contribution in [1.82, 2.24) is 20.2 Å². The number of fused-ring (bicyclic) bond motifs is 3. The summed E-state index contributed by atoms with van der Waals surface area (Å²) in [6, 6.07) is 12.5. The molecule has 8 nitrogen and oxygen atoms in total. The second-order valence-corrected chi connectivity index (χ2v) is 7.49. The molecule has 0 aliphatic carbocycles. The molecule has 0 radical (unpaired) electrons. The molecule has 30 heavy (non-hydrogen) atoms. The van der Waals surface area contributed by atoms with Gasteiger partial charge in [-0.3, -0.25) is 19.8 Å².